The molecule has 0 atom stereocenters. The Morgan fingerprint density at radius 2 is 1.44 bits per heavy atom. The van der Waals surface area contributed by atoms with E-state index in [4.69, 9.17) is 18.9 Å². The standard InChI is InChI=1S/C10H13AsN2O5/c12-9(14)6-17-11(16,18-7-10(13)15)8-4-2-1-3-5-8/h1-5H,6-7H2,(H2,12,14)(H2,13,15). The van der Waals surface area contributed by atoms with Crippen LogP contribution in [0.3, 0.4) is 0 Å². The molecule has 0 saturated heterocycles. The molecular formula is C10H13AsN2O5. The van der Waals surface area contributed by atoms with Gasteiger partial charge in [0.2, 0.25) is 0 Å². The number of hydrogen-bond donors (Lipinski definition) is 2. The van der Waals surface area contributed by atoms with Crippen LogP contribution in [0.1, 0.15) is 0 Å². The summed E-state index contributed by atoms with van der Waals surface area (Å²) in [5.41, 5.74) is 9.82. The Labute approximate surface area is 106 Å². The predicted octanol–water partition coefficient (Wildman–Crippen LogP) is -1.73. The molecule has 0 spiro atoms. The van der Waals surface area contributed by atoms with Crippen LogP contribution in [0.25, 0.3) is 0 Å². The second-order valence-electron chi connectivity index (χ2n) is 3.31. The third-order valence-electron chi connectivity index (χ3n) is 1.83. The van der Waals surface area contributed by atoms with Gasteiger partial charge in [0.15, 0.2) is 0 Å². The summed E-state index contributed by atoms with van der Waals surface area (Å²) in [6.45, 7) is -1.10. The number of amides is 2. The molecule has 0 fully saturated rings. The maximum atomic E-state index is 12.4. The van der Waals surface area contributed by atoms with Crippen molar-refractivity contribution in [2.75, 3.05) is 13.2 Å². The van der Waals surface area contributed by atoms with Crippen LogP contribution in [0.4, 0.5) is 0 Å². The van der Waals surface area contributed by atoms with Crippen molar-refractivity contribution in [3.63, 3.8) is 0 Å². The van der Waals surface area contributed by atoms with E-state index in [1.165, 1.54) is 12.1 Å². The molecule has 0 unspecified atom stereocenters. The molecular weight excluding hydrogens is 303 g/mol. The first-order valence-electron chi connectivity index (χ1n) is 4.95. The summed E-state index contributed by atoms with van der Waals surface area (Å²) in [6, 6.07) is 8.00. The van der Waals surface area contributed by atoms with Gasteiger partial charge in [-0.3, -0.25) is 0 Å². The van der Waals surface area contributed by atoms with Crippen molar-refractivity contribution in [3.05, 3.63) is 30.3 Å². The molecule has 0 aliphatic heterocycles. The number of carbonyl (C=O) groups is 2. The first-order valence-corrected chi connectivity index (χ1v) is 8.19. The monoisotopic (exact) mass is 316 g/mol. The summed E-state index contributed by atoms with van der Waals surface area (Å²) in [5, 5.41) is 0. The molecule has 18 heavy (non-hydrogen) atoms. The van der Waals surface area contributed by atoms with Crippen LogP contribution in [0.2, 0.25) is 0 Å². The molecule has 1 aromatic rings. The fourth-order valence-electron chi connectivity index (χ4n) is 1.09. The van der Waals surface area contributed by atoms with Gasteiger partial charge < -0.3 is 0 Å². The zero-order valence-corrected chi connectivity index (χ0v) is 11.3. The van der Waals surface area contributed by atoms with E-state index in [1.807, 2.05) is 0 Å². The third-order valence-corrected chi connectivity index (χ3v) is 5.75. The number of rotatable bonds is 7. The van der Waals surface area contributed by atoms with Crippen LogP contribution < -0.4 is 15.8 Å². The Morgan fingerprint density at radius 3 is 1.83 bits per heavy atom. The first kappa shape index (κ1) is 14.5. The SMILES string of the molecule is NC(=O)CO[As](=O)(OCC(N)=O)c1ccccc1. The molecule has 7 nitrogen and oxygen atoms in total. The molecule has 0 radical (unpaired) electrons. The first-order chi connectivity index (χ1) is 8.44. The predicted molar refractivity (Wildman–Crippen MR) is 62.8 cm³/mol. The summed E-state index contributed by atoms with van der Waals surface area (Å²) < 4.78 is 22.6. The Hall–Kier alpha value is -1.56. The molecule has 0 aromatic heterocycles. The second kappa shape index (κ2) is 6.39. The van der Waals surface area contributed by atoms with Gasteiger partial charge in [0.1, 0.15) is 0 Å². The Morgan fingerprint density at radius 1 is 1.00 bits per heavy atom. The average Bonchev–Trinajstić information content (AvgIpc) is 2.35. The fraction of sp³-hybridized carbons (Fsp3) is 0.200. The van der Waals surface area contributed by atoms with Gasteiger partial charge >= 0.3 is 106 Å². The zero-order chi connectivity index (χ0) is 13.6. The zero-order valence-electron chi connectivity index (χ0n) is 9.44. The van der Waals surface area contributed by atoms with Gasteiger partial charge in [-0.1, -0.05) is 0 Å². The molecule has 1 aromatic carbocycles. The van der Waals surface area contributed by atoms with Crippen LogP contribution in [0.5, 0.6) is 0 Å². The topological polar surface area (TPSA) is 122 Å². The van der Waals surface area contributed by atoms with Gasteiger partial charge in [0.25, 0.3) is 0 Å². The fourth-order valence-corrected chi connectivity index (χ4v) is 4.25. The Balaban J connectivity index is 2.90. The number of primary amides is 2. The molecule has 2 amide bonds. The summed E-state index contributed by atoms with van der Waals surface area (Å²) in [7, 11) is 0. The molecule has 0 bridgehead atoms. The van der Waals surface area contributed by atoms with Crippen LogP contribution in [0, 0.1) is 0 Å². The van der Waals surface area contributed by atoms with Crippen molar-refractivity contribution >= 4 is 30.3 Å². The number of carbonyl (C=O) groups excluding carboxylic acids is 2. The molecule has 0 saturated carbocycles. The number of hydrogen-bond acceptors (Lipinski definition) is 5. The number of nitrogens with two attached hydrogens (primary N) is 2. The Kier molecular flexibility index (Phi) is 5.15. The van der Waals surface area contributed by atoms with Crippen LogP contribution in [-0.4, -0.2) is 39.2 Å². The van der Waals surface area contributed by atoms with Crippen LogP contribution in [0.15, 0.2) is 30.3 Å². The molecule has 98 valence electrons. The van der Waals surface area contributed by atoms with E-state index in [0.29, 0.717) is 0 Å². The van der Waals surface area contributed by atoms with Crippen molar-refractivity contribution in [2.24, 2.45) is 11.5 Å². The van der Waals surface area contributed by atoms with Crippen molar-refractivity contribution in [1.82, 2.24) is 0 Å². The summed E-state index contributed by atoms with van der Waals surface area (Å²) >= 11 is -4.48. The van der Waals surface area contributed by atoms with Crippen molar-refractivity contribution in [2.45, 2.75) is 0 Å². The minimum absolute atomic E-state index is 0.276. The molecule has 0 aliphatic carbocycles. The van der Waals surface area contributed by atoms with Gasteiger partial charge in [-0.05, 0) is 0 Å². The number of benzene rings is 1. The van der Waals surface area contributed by atoms with Gasteiger partial charge in [-0.25, -0.2) is 0 Å². The molecule has 8 heteroatoms. The quantitative estimate of drug-likeness (QED) is 0.579. The third kappa shape index (κ3) is 4.37. The van der Waals surface area contributed by atoms with Crippen molar-refractivity contribution < 1.29 is 20.8 Å². The maximum absolute atomic E-state index is 12.4. The van der Waals surface area contributed by atoms with E-state index in [-0.39, 0.29) is 4.35 Å². The van der Waals surface area contributed by atoms with E-state index in [1.54, 1.807) is 18.2 Å². The van der Waals surface area contributed by atoms with Crippen LogP contribution in [-0.2, 0) is 20.8 Å². The van der Waals surface area contributed by atoms with E-state index in [9.17, 15) is 13.3 Å². The molecule has 0 aliphatic rings. The van der Waals surface area contributed by atoms with Crippen LogP contribution >= 0.6 is 0 Å². The van der Waals surface area contributed by atoms with Crippen molar-refractivity contribution in [3.8, 4) is 0 Å². The van der Waals surface area contributed by atoms with Gasteiger partial charge in [-0.15, -0.1) is 0 Å². The van der Waals surface area contributed by atoms with Gasteiger partial charge in [0, 0.05) is 0 Å². The summed E-state index contributed by atoms with van der Waals surface area (Å²) in [4.78, 5) is 21.3. The second-order valence-corrected chi connectivity index (χ2v) is 7.57. The molecule has 0 heterocycles. The average molecular weight is 316 g/mol. The van der Waals surface area contributed by atoms with E-state index < -0.39 is 39.2 Å². The normalized spacial score (nSPS) is 11.1. The van der Waals surface area contributed by atoms with Gasteiger partial charge in [-0.2, -0.15) is 0 Å². The Bertz CT molecular complexity index is 454. The van der Waals surface area contributed by atoms with E-state index in [2.05, 4.69) is 0 Å². The summed E-state index contributed by atoms with van der Waals surface area (Å²) in [6.07, 6.45) is 0. The van der Waals surface area contributed by atoms with E-state index in [0.717, 1.165) is 0 Å². The summed E-state index contributed by atoms with van der Waals surface area (Å²) in [5.74, 6) is -1.56. The van der Waals surface area contributed by atoms with Crippen molar-refractivity contribution in [1.29, 1.82) is 0 Å². The molecule has 1 rings (SSSR count). The minimum atomic E-state index is -4.48. The molecule has 4 N–H and O–H groups in total. The van der Waals surface area contributed by atoms with Gasteiger partial charge in [0.05, 0.1) is 0 Å². The van der Waals surface area contributed by atoms with E-state index >= 15 is 0 Å².